The molecular weight excluding hydrogens is 300 g/mol. The van der Waals surface area contributed by atoms with Crippen molar-refractivity contribution in [3.8, 4) is 0 Å². The maximum Gasteiger partial charge on any atom is 0.315 e. The van der Waals surface area contributed by atoms with Gasteiger partial charge in [-0.15, -0.1) is 0 Å². The summed E-state index contributed by atoms with van der Waals surface area (Å²) < 4.78 is 2.01. The largest absolute Gasteiger partial charge is 0.335 e. The number of amides is 2. The van der Waals surface area contributed by atoms with Crippen LogP contribution in [0.3, 0.4) is 0 Å². The van der Waals surface area contributed by atoms with Crippen LogP contribution in [0.1, 0.15) is 17.7 Å². The van der Waals surface area contributed by atoms with E-state index in [1.54, 1.807) is 0 Å². The van der Waals surface area contributed by atoms with E-state index in [4.69, 9.17) is 0 Å². The average molecular weight is 320 g/mol. The second kappa shape index (κ2) is 6.35. The van der Waals surface area contributed by atoms with Crippen molar-refractivity contribution in [3.63, 3.8) is 0 Å². The molecule has 4 rings (SSSR count). The number of urea groups is 1. The molecule has 1 aliphatic rings. The number of benzene rings is 2. The van der Waals surface area contributed by atoms with E-state index in [2.05, 4.69) is 40.0 Å². The van der Waals surface area contributed by atoms with E-state index in [9.17, 15) is 4.79 Å². The SMILES string of the molecule is O=C(NCc1cccc2ccccc12)N[C@@H]1CCn2nccc2C1. The molecule has 2 heterocycles. The van der Waals surface area contributed by atoms with Gasteiger partial charge in [-0.3, -0.25) is 4.68 Å². The van der Waals surface area contributed by atoms with E-state index in [1.165, 1.54) is 16.5 Å². The number of fused-ring (bicyclic) bond motifs is 2. The molecule has 0 radical (unpaired) electrons. The fourth-order valence-electron chi connectivity index (χ4n) is 3.35. The zero-order valence-electron chi connectivity index (χ0n) is 13.4. The van der Waals surface area contributed by atoms with E-state index in [0.717, 1.165) is 24.9 Å². The summed E-state index contributed by atoms with van der Waals surface area (Å²) in [6.07, 6.45) is 3.57. The molecule has 0 spiro atoms. The second-order valence-electron chi connectivity index (χ2n) is 6.20. The molecule has 0 aliphatic carbocycles. The van der Waals surface area contributed by atoms with Crippen LogP contribution in [0.4, 0.5) is 4.79 Å². The Labute approximate surface area is 140 Å². The lowest BCUT2D eigenvalue weighted by Gasteiger charge is -2.24. The molecule has 1 aliphatic heterocycles. The Balaban J connectivity index is 1.37. The van der Waals surface area contributed by atoms with Gasteiger partial charge in [-0.1, -0.05) is 42.5 Å². The van der Waals surface area contributed by atoms with Gasteiger partial charge in [-0.25, -0.2) is 4.79 Å². The van der Waals surface area contributed by atoms with Crippen molar-refractivity contribution >= 4 is 16.8 Å². The van der Waals surface area contributed by atoms with Gasteiger partial charge in [0.25, 0.3) is 0 Å². The summed E-state index contributed by atoms with van der Waals surface area (Å²) in [5, 5.41) is 12.7. The molecule has 122 valence electrons. The monoisotopic (exact) mass is 320 g/mol. The van der Waals surface area contributed by atoms with Gasteiger partial charge in [-0.2, -0.15) is 5.10 Å². The van der Waals surface area contributed by atoms with Crippen LogP contribution in [-0.4, -0.2) is 21.9 Å². The van der Waals surface area contributed by atoms with Crippen LogP contribution in [0.5, 0.6) is 0 Å². The van der Waals surface area contributed by atoms with Gasteiger partial charge in [0, 0.05) is 37.4 Å². The first-order valence-electron chi connectivity index (χ1n) is 8.31. The van der Waals surface area contributed by atoms with Gasteiger partial charge in [0.1, 0.15) is 0 Å². The van der Waals surface area contributed by atoms with Crippen LogP contribution < -0.4 is 10.6 Å². The van der Waals surface area contributed by atoms with Gasteiger partial charge in [-0.05, 0) is 28.8 Å². The third kappa shape index (κ3) is 2.97. The predicted octanol–water partition coefficient (Wildman–Crippen LogP) is 2.85. The standard InChI is InChI=1S/C19H20N4O/c24-19(22-16-9-11-23-17(12-16)8-10-21-23)20-13-15-6-3-5-14-4-1-2-7-18(14)15/h1-8,10,16H,9,11-13H2,(H2,20,22,24)/t16-/m1/s1. The number of nitrogens with zero attached hydrogens (tertiary/aromatic N) is 2. The molecule has 0 saturated heterocycles. The number of hydrogen-bond donors (Lipinski definition) is 2. The Kier molecular flexibility index (Phi) is 3.91. The molecule has 2 aromatic carbocycles. The number of carbonyl (C=O) groups is 1. The highest BCUT2D eigenvalue weighted by atomic mass is 16.2. The summed E-state index contributed by atoms with van der Waals surface area (Å²) in [4.78, 5) is 12.2. The zero-order valence-corrected chi connectivity index (χ0v) is 13.4. The number of hydrogen-bond acceptors (Lipinski definition) is 2. The number of aryl methyl sites for hydroxylation is 1. The third-order valence-electron chi connectivity index (χ3n) is 4.60. The lowest BCUT2D eigenvalue weighted by molar-refractivity contribution is 0.233. The van der Waals surface area contributed by atoms with Crippen LogP contribution in [0.25, 0.3) is 10.8 Å². The maximum atomic E-state index is 12.2. The van der Waals surface area contributed by atoms with E-state index in [-0.39, 0.29) is 12.1 Å². The fourth-order valence-corrected chi connectivity index (χ4v) is 3.35. The van der Waals surface area contributed by atoms with Crippen molar-refractivity contribution in [2.75, 3.05) is 0 Å². The highest BCUT2D eigenvalue weighted by Crippen LogP contribution is 2.18. The molecule has 0 saturated carbocycles. The van der Waals surface area contributed by atoms with Crippen LogP contribution in [0, 0.1) is 0 Å². The highest BCUT2D eigenvalue weighted by Gasteiger charge is 2.20. The van der Waals surface area contributed by atoms with Crippen LogP contribution in [0.2, 0.25) is 0 Å². The van der Waals surface area contributed by atoms with Gasteiger partial charge < -0.3 is 10.6 Å². The van der Waals surface area contributed by atoms with Crippen LogP contribution in [0.15, 0.2) is 54.7 Å². The number of nitrogens with one attached hydrogen (secondary N) is 2. The molecule has 2 N–H and O–H groups in total. The number of aromatic nitrogens is 2. The van der Waals surface area contributed by atoms with E-state index in [0.29, 0.717) is 6.54 Å². The topological polar surface area (TPSA) is 59.0 Å². The molecule has 0 unspecified atom stereocenters. The number of carbonyl (C=O) groups excluding carboxylic acids is 1. The van der Waals surface area contributed by atoms with Gasteiger partial charge in [0.05, 0.1) is 0 Å². The van der Waals surface area contributed by atoms with E-state index < -0.39 is 0 Å². The minimum absolute atomic E-state index is 0.110. The summed E-state index contributed by atoms with van der Waals surface area (Å²) in [5.41, 5.74) is 2.31. The summed E-state index contributed by atoms with van der Waals surface area (Å²) >= 11 is 0. The highest BCUT2D eigenvalue weighted by molar-refractivity contribution is 5.86. The molecule has 1 atom stereocenters. The summed E-state index contributed by atoms with van der Waals surface area (Å²) in [6.45, 7) is 1.38. The first-order valence-corrected chi connectivity index (χ1v) is 8.31. The van der Waals surface area contributed by atoms with Crippen molar-refractivity contribution in [1.82, 2.24) is 20.4 Å². The van der Waals surface area contributed by atoms with Crippen LogP contribution >= 0.6 is 0 Å². The Hall–Kier alpha value is -2.82. The van der Waals surface area contributed by atoms with Crippen molar-refractivity contribution in [2.24, 2.45) is 0 Å². The fraction of sp³-hybridized carbons (Fsp3) is 0.263. The molecule has 2 amide bonds. The lowest BCUT2D eigenvalue weighted by atomic mass is 10.0. The second-order valence-corrected chi connectivity index (χ2v) is 6.20. The molecule has 0 fully saturated rings. The minimum atomic E-state index is -0.110. The van der Waals surface area contributed by atoms with Gasteiger partial charge in [0.2, 0.25) is 0 Å². The Bertz CT molecular complexity index is 865. The molecule has 1 aromatic heterocycles. The number of rotatable bonds is 3. The normalized spacial score (nSPS) is 16.6. The van der Waals surface area contributed by atoms with Crippen molar-refractivity contribution in [2.45, 2.75) is 32.0 Å². The summed E-state index contributed by atoms with van der Waals surface area (Å²) in [7, 11) is 0. The van der Waals surface area contributed by atoms with E-state index >= 15 is 0 Å². The average Bonchev–Trinajstić information content (AvgIpc) is 3.07. The summed E-state index contributed by atoms with van der Waals surface area (Å²) in [5.74, 6) is 0. The molecule has 5 heteroatoms. The molecular formula is C19H20N4O. The van der Waals surface area contributed by atoms with Gasteiger partial charge in [0.15, 0.2) is 0 Å². The Morgan fingerprint density at radius 2 is 2.04 bits per heavy atom. The van der Waals surface area contributed by atoms with Crippen molar-refractivity contribution in [1.29, 1.82) is 0 Å². The Morgan fingerprint density at radius 3 is 3.00 bits per heavy atom. The first-order chi connectivity index (χ1) is 11.8. The van der Waals surface area contributed by atoms with Crippen molar-refractivity contribution in [3.05, 3.63) is 66.0 Å². The molecule has 24 heavy (non-hydrogen) atoms. The van der Waals surface area contributed by atoms with Gasteiger partial charge >= 0.3 is 6.03 Å². The lowest BCUT2D eigenvalue weighted by Crippen LogP contribution is -2.45. The maximum absolute atomic E-state index is 12.2. The summed E-state index contributed by atoms with van der Waals surface area (Å²) in [6, 6.07) is 16.5. The minimum Gasteiger partial charge on any atom is -0.335 e. The van der Waals surface area contributed by atoms with Crippen molar-refractivity contribution < 1.29 is 4.79 Å². The molecule has 3 aromatic rings. The van der Waals surface area contributed by atoms with Crippen LogP contribution in [-0.2, 0) is 19.5 Å². The first kappa shape index (κ1) is 14.8. The Morgan fingerprint density at radius 1 is 1.17 bits per heavy atom. The molecule has 0 bridgehead atoms. The predicted molar refractivity (Wildman–Crippen MR) is 93.7 cm³/mol. The smallest absolute Gasteiger partial charge is 0.315 e. The van der Waals surface area contributed by atoms with E-state index in [1.807, 2.05) is 35.1 Å². The zero-order chi connectivity index (χ0) is 16.4. The molecule has 5 nitrogen and oxygen atoms in total. The quantitative estimate of drug-likeness (QED) is 0.779. The third-order valence-corrected chi connectivity index (χ3v) is 4.60.